The van der Waals surface area contributed by atoms with Crippen molar-refractivity contribution in [1.29, 1.82) is 0 Å². The van der Waals surface area contributed by atoms with Crippen molar-refractivity contribution in [2.75, 3.05) is 0 Å². The molecule has 42 heavy (non-hydrogen) atoms. The lowest BCUT2D eigenvalue weighted by atomic mass is 9.89. The maximum Gasteiger partial charge on any atom is 0.0455 e. The minimum atomic E-state index is 0.195. The lowest BCUT2D eigenvalue weighted by Gasteiger charge is -2.14. The zero-order chi connectivity index (χ0) is 30.1. The van der Waals surface area contributed by atoms with E-state index in [-0.39, 0.29) is 11.8 Å². The predicted molar refractivity (Wildman–Crippen MR) is 185 cm³/mol. The van der Waals surface area contributed by atoms with Gasteiger partial charge in [-0.25, -0.2) is 0 Å². The summed E-state index contributed by atoms with van der Waals surface area (Å²) in [6, 6.07) is 17.6. The minimum Gasteiger partial charge on any atom is -0.0979 e. The Morgan fingerprint density at radius 1 is 0.571 bits per heavy atom. The Bertz CT molecular complexity index is 1070. The Morgan fingerprint density at radius 3 is 1.60 bits per heavy atom. The molecule has 0 amide bonds. The fraction of sp³-hybridized carbons (Fsp3) is 0.548. The van der Waals surface area contributed by atoms with Crippen LogP contribution in [0.3, 0.4) is 0 Å². The van der Waals surface area contributed by atoms with Crippen molar-refractivity contribution in [2.24, 2.45) is 0 Å². The molecule has 2 unspecified atom stereocenters. The van der Waals surface area contributed by atoms with Crippen LogP contribution in [0.25, 0.3) is 0 Å². The lowest BCUT2D eigenvalue weighted by molar-refractivity contribution is 0.641. The molecular formula is C42H57. The number of hydrogen-bond acceptors (Lipinski definition) is 0. The molecule has 0 aliphatic rings. The first kappa shape index (κ1) is 35.3. The van der Waals surface area contributed by atoms with E-state index in [0.29, 0.717) is 0 Å². The second-order valence-electron chi connectivity index (χ2n) is 11.7. The average molecular weight is 562 g/mol. The van der Waals surface area contributed by atoms with E-state index >= 15 is 0 Å². The third-order valence-electron chi connectivity index (χ3n) is 7.82. The summed E-state index contributed by atoms with van der Waals surface area (Å²) >= 11 is 0. The van der Waals surface area contributed by atoms with Crippen LogP contribution in [0.4, 0.5) is 0 Å². The van der Waals surface area contributed by atoms with Gasteiger partial charge >= 0.3 is 0 Å². The van der Waals surface area contributed by atoms with Gasteiger partial charge in [-0.2, -0.15) is 0 Å². The van der Waals surface area contributed by atoms with E-state index in [1.54, 1.807) is 0 Å². The molecule has 0 saturated heterocycles. The number of unbranched alkanes of at least 4 members (excludes halogenated alkanes) is 12. The highest BCUT2D eigenvalue weighted by Crippen LogP contribution is 2.26. The first-order chi connectivity index (χ1) is 20.7. The number of hydrogen-bond donors (Lipinski definition) is 0. The summed E-state index contributed by atoms with van der Waals surface area (Å²) in [4.78, 5) is 0. The van der Waals surface area contributed by atoms with Gasteiger partial charge in [0, 0.05) is 35.8 Å². The lowest BCUT2D eigenvalue weighted by Crippen LogP contribution is -2.01. The monoisotopic (exact) mass is 561 g/mol. The highest BCUT2D eigenvalue weighted by atomic mass is 14.2. The van der Waals surface area contributed by atoms with Crippen LogP contribution in [-0.2, 0) is 0 Å². The smallest absolute Gasteiger partial charge is 0.0455 e. The molecule has 0 aliphatic heterocycles. The first-order valence-corrected chi connectivity index (χ1v) is 17.2. The summed E-state index contributed by atoms with van der Waals surface area (Å²) in [5, 5.41) is 0. The highest BCUT2D eigenvalue weighted by molar-refractivity contribution is 5.43. The van der Waals surface area contributed by atoms with Crippen molar-refractivity contribution in [3.05, 3.63) is 77.2 Å². The molecule has 0 spiro atoms. The number of benzene rings is 2. The normalized spacial score (nSPS) is 11.8. The Kier molecular flexibility index (Phi) is 19.9. The molecule has 0 aromatic heterocycles. The van der Waals surface area contributed by atoms with E-state index < -0.39 is 0 Å². The van der Waals surface area contributed by atoms with Crippen LogP contribution in [0.1, 0.15) is 171 Å². The van der Waals surface area contributed by atoms with Gasteiger partial charge in [0.15, 0.2) is 0 Å². The average Bonchev–Trinajstić information content (AvgIpc) is 3.02. The Labute approximate surface area is 260 Å². The standard InChI is InChI=1S/C42H57/c1-5-9-13-15-17-19-21-25-37-27-23-31-41(35-37)39(29-11-7-3)33-34-40(30-12-8-4)42-32-24-28-38(36-42)26-22-20-18-16-14-10-6-2/h11,23-24,27-28,31-32,35-36,39-40H,5-10,12-20,29-30H2,1-4H3. The molecule has 2 rings (SSSR count). The van der Waals surface area contributed by atoms with Gasteiger partial charge in [-0.05, 0) is 67.5 Å². The highest BCUT2D eigenvalue weighted by Gasteiger charge is 2.12. The maximum absolute atomic E-state index is 3.74. The molecule has 0 heterocycles. The molecule has 1 radical (unpaired) electrons. The molecule has 0 nitrogen and oxygen atoms in total. The SMILES string of the molecule is CC[CH]CC(C#CC(CCCC)c1cccc(C#CCCCCCCC)c1)c1cccc(C#CCCCCCCC)c1. The fourth-order valence-corrected chi connectivity index (χ4v) is 5.17. The van der Waals surface area contributed by atoms with Crippen LogP contribution >= 0.6 is 0 Å². The van der Waals surface area contributed by atoms with Gasteiger partial charge in [0.25, 0.3) is 0 Å². The summed E-state index contributed by atoms with van der Waals surface area (Å²) in [5.41, 5.74) is 4.83. The molecule has 0 saturated carbocycles. The Morgan fingerprint density at radius 2 is 1.07 bits per heavy atom. The fourth-order valence-electron chi connectivity index (χ4n) is 5.17. The zero-order valence-corrected chi connectivity index (χ0v) is 27.4. The molecule has 2 atom stereocenters. The summed E-state index contributed by atoms with van der Waals surface area (Å²) in [6.45, 7) is 9.01. The quantitative estimate of drug-likeness (QED) is 0.125. The Balaban J connectivity index is 2.17. The van der Waals surface area contributed by atoms with Gasteiger partial charge in [0.2, 0.25) is 0 Å². The van der Waals surface area contributed by atoms with E-state index in [2.05, 4.69) is 118 Å². The second kappa shape index (κ2) is 23.7. The summed E-state index contributed by atoms with van der Waals surface area (Å²) < 4.78 is 0. The van der Waals surface area contributed by atoms with E-state index in [4.69, 9.17) is 0 Å². The van der Waals surface area contributed by atoms with Gasteiger partial charge < -0.3 is 0 Å². The summed E-state index contributed by atoms with van der Waals surface area (Å²) in [5.74, 6) is 21.6. The van der Waals surface area contributed by atoms with E-state index in [0.717, 1.165) is 43.2 Å². The molecule has 0 N–H and O–H groups in total. The van der Waals surface area contributed by atoms with Crippen LogP contribution in [0.2, 0.25) is 0 Å². The summed E-state index contributed by atoms with van der Waals surface area (Å²) in [7, 11) is 0. The van der Waals surface area contributed by atoms with Crippen molar-refractivity contribution < 1.29 is 0 Å². The second-order valence-corrected chi connectivity index (χ2v) is 11.7. The molecule has 225 valence electrons. The van der Waals surface area contributed by atoms with E-state index in [1.165, 1.54) is 88.2 Å². The Hall–Kier alpha value is -2.88. The van der Waals surface area contributed by atoms with Crippen LogP contribution in [0, 0.1) is 41.9 Å². The topological polar surface area (TPSA) is 0 Å². The van der Waals surface area contributed by atoms with Gasteiger partial charge in [-0.3, -0.25) is 0 Å². The van der Waals surface area contributed by atoms with Crippen LogP contribution in [0.5, 0.6) is 0 Å². The molecule has 0 fully saturated rings. The van der Waals surface area contributed by atoms with Crippen molar-refractivity contribution in [3.63, 3.8) is 0 Å². The summed E-state index contributed by atoms with van der Waals surface area (Å²) in [6.07, 6.45) is 22.8. The first-order valence-electron chi connectivity index (χ1n) is 17.2. The van der Waals surface area contributed by atoms with Gasteiger partial charge in [0.1, 0.15) is 0 Å². The van der Waals surface area contributed by atoms with Crippen LogP contribution in [-0.4, -0.2) is 0 Å². The van der Waals surface area contributed by atoms with Crippen LogP contribution < -0.4 is 0 Å². The minimum absolute atomic E-state index is 0.195. The third kappa shape index (κ3) is 15.4. The van der Waals surface area contributed by atoms with Gasteiger partial charge in [-0.1, -0.05) is 158 Å². The van der Waals surface area contributed by atoms with E-state index in [1.807, 2.05) is 0 Å². The van der Waals surface area contributed by atoms with Crippen LogP contribution in [0.15, 0.2) is 48.5 Å². The van der Waals surface area contributed by atoms with Crippen molar-refractivity contribution in [2.45, 2.75) is 149 Å². The predicted octanol–water partition coefficient (Wildman–Crippen LogP) is 12.2. The molecule has 0 heteroatoms. The third-order valence-corrected chi connectivity index (χ3v) is 7.82. The zero-order valence-electron chi connectivity index (χ0n) is 27.4. The van der Waals surface area contributed by atoms with Crippen molar-refractivity contribution in [3.8, 4) is 35.5 Å². The molecule has 0 bridgehead atoms. The van der Waals surface area contributed by atoms with E-state index in [9.17, 15) is 0 Å². The molecule has 0 aliphatic carbocycles. The molecular weight excluding hydrogens is 504 g/mol. The number of rotatable bonds is 18. The van der Waals surface area contributed by atoms with Gasteiger partial charge in [0.05, 0.1) is 0 Å². The largest absolute Gasteiger partial charge is 0.0979 e. The van der Waals surface area contributed by atoms with Crippen molar-refractivity contribution >= 4 is 0 Å². The molecule has 2 aromatic rings. The molecule has 2 aromatic carbocycles. The van der Waals surface area contributed by atoms with Gasteiger partial charge in [-0.15, -0.1) is 0 Å². The maximum atomic E-state index is 3.74. The van der Waals surface area contributed by atoms with Crippen molar-refractivity contribution in [1.82, 2.24) is 0 Å².